The van der Waals surface area contributed by atoms with Gasteiger partial charge in [-0.15, -0.1) is 0 Å². The van der Waals surface area contributed by atoms with Crippen LogP contribution in [0.4, 0.5) is 0 Å². The molecule has 2 aromatic carbocycles. The Morgan fingerprint density at radius 1 is 1.07 bits per heavy atom. The first-order valence-corrected chi connectivity index (χ1v) is 15.2. The van der Waals surface area contributed by atoms with E-state index < -0.39 is 23.8 Å². The van der Waals surface area contributed by atoms with Gasteiger partial charge in [0.15, 0.2) is 11.5 Å². The minimum atomic E-state index is -0.963. The second-order valence-corrected chi connectivity index (χ2v) is 11.2. The van der Waals surface area contributed by atoms with Crippen LogP contribution in [0.3, 0.4) is 0 Å². The number of ether oxygens (including phenoxy) is 3. The SMILES string of the molecule is CCCCN(CCCCN)C(=O)CN1C[C@H](c2cc(CO)c3c(c2)OCO3)[C@@H](C(=O)O)[C@@H]1CCOc1ccccc1CO. The van der Waals surface area contributed by atoms with Crippen LogP contribution in [0, 0.1) is 5.92 Å². The molecule has 0 saturated carbocycles. The minimum Gasteiger partial charge on any atom is -0.493 e. The van der Waals surface area contributed by atoms with Crippen molar-refractivity contribution >= 4 is 11.9 Å². The number of carboxylic acid groups (broad SMARTS) is 1. The average Bonchev–Trinajstić information content (AvgIpc) is 3.63. The summed E-state index contributed by atoms with van der Waals surface area (Å²) >= 11 is 0. The Kier molecular flexibility index (Phi) is 12.0. The summed E-state index contributed by atoms with van der Waals surface area (Å²) in [5.74, 6) is -0.795. The molecule has 2 heterocycles. The molecule has 0 aliphatic carbocycles. The van der Waals surface area contributed by atoms with Crippen molar-refractivity contribution < 1.29 is 39.1 Å². The topological polar surface area (TPSA) is 155 Å². The fraction of sp³-hybridized carbons (Fsp3) is 0.562. The van der Waals surface area contributed by atoms with Crippen molar-refractivity contribution in [3.63, 3.8) is 0 Å². The summed E-state index contributed by atoms with van der Waals surface area (Å²) < 4.78 is 17.1. The maximum absolute atomic E-state index is 13.7. The van der Waals surface area contributed by atoms with Crippen molar-refractivity contribution in [1.82, 2.24) is 9.80 Å². The summed E-state index contributed by atoms with van der Waals surface area (Å²) in [7, 11) is 0. The van der Waals surface area contributed by atoms with Crippen LogP contribution in [0.1, 0.15) is 61.6 Å². The highest BCUT2D eigenvalue weighted by Gasteiger charge is 2.47. The number of aliphatic hydroxyl groups is 2. The quantitative estimate of drug-likeness (QED) is 0.200. The van der Waals surface area contributed by atoms with E-state index >= 15 is 0 Å². The third-order valence-electron chi connectivity index (χ3n) is 8.37. The molecule has 0 unspecified atom stereocenters. The third kappa shape index (κ3) is 7.97. The molecule has 0 bridgehead atoms. The van der Waals surface area contributed by atoms with Crippen LogP contribution in [-0.4, -0.2) is 89.2 Å². The van der Waals surface area contributed by atoms with Crippen molar-refractivity contribution in [2.45, 2.75) is 64.2 Å². The Morgan fingerprint density at radius 3 is 2.56 bits per heavy atom. The summed E-state index contributed by atoms with van der Waals surface area (Å²) in [6, 6.07) is 10.3. The first kappa shape index (κ1) is 32.5. The maximum Gasteiger partial charge on any atom is 0.308 e. The molecule has 2 aliphatic heterocycles. The summed E-state index contributed by atoms with van der Waals surface area (Å²) in [5, 5.41) is 30.2. The second-order valence-electron chi connectivity index (χ2n) is 11.2. The molecule has 2 aliphatic rings. The van der Waals surface area contributed by atoms with Crippen molar-refractivity contribution in [3.05, 3.63) is 53.1 Å². The van der Waals surface area contributed by atoms with Gasteiger partial charge >= 0.3 is 5.97 Å². The van der Waals surface area contributed by atoms with E-state index in [-0.39, 0.29) is 39.1 Å². The number of unbranched alkanes of at least 4 members (excludes halogenated alkanes) is 2. The first-order chi connectivity index (χ1) is 20.9. The van der Waals surface area contributed by atoms with Crippen LogP contribution in [0.15, 0.2) is 36.4 Å². The normalized spacial score (nSPS) is 19.5. The number of nitrogens with zero attached hydrogens (tertiary/aromatic N) is 2. The third-order valence-corrected chi connectivity index (χ3v) is 8.37. The molecule has 43 heavy (non-hydrogen) atoms. The molecule has 1 amide bonds. The number of para-hydroxylation sites is 1. The van der Waals surface area contributed by atoms with Gasteiger partial charge in [-0.2, -0.15) is 0 Å². The van der Waals surface area contributed by atoms with E-state index in [9.17, 15) is 24.9 Å². The number of carbonyl (C=O) groups excluding carboxylic acids is 1. The first-order valence-electron chi connectivity index (χ1n) is 15.2. The zero-order chi connectivity index (χ0) is 30.8. The van der Waals surface area contributed by atoms with Gasteiger partial charge in [0.05, 0.1) is 32.3 Å². The average molecular weight is 600 g/mol. The Bertz CT molecular complexity index is 1230. The van der Waals surface area contributed by atoms with E-state index in [4.69, 9.17) is 19.9 Å². The van der Waals surface area contributed by atoms with Crippen molar-refractivity contribution in [1.29, 1.82) is 0 Å². The summed E-state index contributed by atoms with van der Waals surface area (Å²) in [6.45, 7) is 4.14. The van der Waals surface area contributed by atoms with E-state index in [1.807, 2.05) is 21.9 Å². The van der Waals surface area contributed by atoms with E-state index in [1.54, 1.807) is 24.3 Å². The van der Waals surface area contributed by atoms with Crippen LogP contribution >= 0.6 is 0 Å². The fourth-order valence-corrected chi connectivity index (χ4v) is 6.12. The lowest BCUT2D eigenvalue weighted by Crippen LogP contribution is -2.45. The Hall–Kier alpha value is -3.38. The summed E-state index contributed by atoms with van der Waals surface area (Å²) in [5.41, 5.74) is 7.60. The molecule has 5 N–H and O–H groups in total. The number of aliphatic hydroxyl groups excluding tert-OH is 2. The lowest BCUT2D eigenvalue weighted by atomic mass is 9.83. The summed E-state index contributed by atoms with van der Waals surface area (Å²) in [4.78, 5) is 30.4. The highest BCUT2D eigenvalue weighted by Crippen LogP contribution is 2.44. The molecule has 4 rings (SSSR count). The van der Waals surface area contributed by atoms with Gasteiger partial charge in [0.1, 0.15) is 5.75 Å². The Balaban J connectivity index is 1.61. The van der Waals surface area contributed by atoms with Crippen LogP contribution in [-0.2, 0) is 22.8 Å². The molecular formula is C32H45N3O8. The highest BCUT2D eigenvalue weighted by molar-refractivity contribution is 5.79. The number of carbonyl (C=O) groups is 2. The predicted octanol–water partition coefficient (Wildman–Crippen LogP) is 2.71. The smallest absolute Gasteiger partial charge is 0.308 e. The number of amides is 1. The van der Waals surface area contributed by atoms with Gasteiger partial charge in [-0.3, -0.25) is 14.5 Å². The number of rotatable bonds is 17. The van der Waals surface area contributed by atoms with E-state index in [1.165, 1.54) is 0 Å². The van der Waals surface area contributed by atoms with Crippen LogP contribution in [0.5, 0.6) is 17.2 Å². The number of aliphatic carboxylic acids is 1. The molecule has 236 valence electrons. The number of benzene rings is 2. The van der Waals surface area contributed by atoms with Gasteiger partial charge in [0, 0.05) is 42.7 Å². The highest BCUT2D eigenvalue weighted by atomic mass is 16.7. The van der Waals surface area contributed by atoms with E-state index in [0.717, 1.165) is 31.2 Å². The Labute approximate surface area is 253 Å². The van der Waals surface area contributed by atoms with Gasteiger partial charge in [-0.1, -0.05) is 31.5 Å². The molecular weight excluding hydrogens is 554 g/mol. The van der Waals surface area contributed by atoms with Crippen molar-refractivity contribution in [2.75, 3.05) is 46.1 Å². The van der Waals surface area contributed by atoms with Crippen LogP contribution in [0.2, 0.25) is 0 Å². The monoisotopic (exact) mass is 599 g/mol. The largest absolute Gasteiger partial charge is 0.493 e. The maximum atomic E-state index is 13.7. The van der Waals surface area contributed by atoms with Gasteiger partial charge in [0.2, 0.25) is 12.7 Å². The zero-order valence-electron chi connectivity index (χ0n) is 25.0. The van der Waals surface area contributed by atoms with Gasteiger partial charge in [-0.25, -0.2) is 0 Å². The molecule has 1 fully saturated rings. The minimum absolute atomic E-state index is 0.0338. The van der Waals surface area contributed by atoms with Gasteiger partial charge < -0.3 is 40.2 Å². The number of hydrogen-bond donors (Lipinski definition) is 4. The van der Waals surface area contributed by atoms with Gasteiger partial charge in [0.25, 0.3) is 0 Å². The van der Waals surface area contributed by atoms with E-state index in [0.29, 0.717) is 61.0 Å². The van der Waals surface area contributed by atoms with Crippen LogP contribution < -0.4 is 19.9 Å². The summed E-state index contributed by atoms with van der Waals surface area (Å²) in [6.07, 6.45) is 3.85. The van der Waals surface area contributed by atoms with Crippen LogP contribution in [0.25, 0.3) is 0 Å². The molecule has 2 aromatic rings. The Morgan fingerprint density at radius 2 is 1.84 bits per heavy atom. The lowest BCUT2D eigenvalue weighted by molar-refractivity contribution is -0.144. The molecule has 0 spiro atoms. The molecule has 11 heteroatoms. The number of nitrogens with two attached hydrogens (primary N) is 1. The number of hydrogen-bond acceptors (Lipinski definition) is 9. The van der Waals surface area contributed by atoms with Gasteiger partial charge in [-0.05, 0) is 56.0 Å². The fourth-order valence-electron chi connectivity index (χ4n) is 6.12. The predicted molar refractivity (Wildman–Crippen MR) is 160 cm³/mol. The number of fused-ring (bicyclic) bond motifs is 1. The molecule has 0 radical (unpaired) electrons. The molecule has 1 saturated heterocycles. The number of carboxylic acids is 1. The molecule has 11 nitrogen and oxygen atoms in total. The van der Waals surface area contributed by atoms with Crippen molar-refractivity contribution in [3.8, 4) is 17.2 Å². The number of likely N-dealkylation sites (tertiary alicyclic amines) is 1. The standard InChI is InChI=1S/C32H45N3O8/c1-2-3-12-34(13-7-6-11-33)29(38)18-35-17-25(23-15-24(20-37)31-28(16-23)42-21-43-31)30(32(39)40)26(35)10-14-41-27-9-5-4-8-22(27)19-36/h4-5,8-9,15-16,25-26,30,36-37H,2-3,6-7,10-14,17-21,33H2,1H3,(H,39,40)/t25-,26+,30-/m1/s1. The lowest BCUT2D eigenvalue weighted by Gasteiger charge is -2.30. The van der Waals surface area contributed by atoms with E-state index in [2.05, 4.69) is 6.92 Å². The molecule has 0 aromatic heterocycles. The zero-order valence-corrected chi connectivity index (χ0v) is 25.0. The molecule has 3 atom stereocenters. The van der Waals surface area contributed by atoms with Crippen molar-refractivity contribution in [2.24, 2.45) is 11.7 Å². The second kappa shape index (κ2) is 15.9.